The van der Waals surface area contributed by atoms with Crippen molar-refractivity contribution in [3.8, 4) is 0 Å². The Labute approximate surface area is 111 Å². The van der Waals surface area contributed by atoms with Gasteiger partial charge in [0.2, 0.25) is 5.91 Å². The normalized spacial score (nSPS) is 25.3. The fourth-order valence-corrected chi connectivity index (χ4v) is 3.34. The van der Waals surface area contributed by atoms with E-state index < -0.39 is 0 Å². The first kappa shape index (κ1) is 13.9. The Bertz CT molecular complexity index is 255. The van der Waals surface area contributed by atoms with Gasteiger partial charge < -0.3 is 10.2 Å². The molecule has 1 unspecified atom stereocenters. The second kappa shape index (κ2) is 7.13. The van der Waals surface area contributed by atoms with Crippen LogP contribution in [0, 0.1) is 11.8 Å². The van der Waals surface area contributed by atoms with Gasteiger partial charge in [0.15, 0.2) is 0 Å². The molecule has 1 saturated heterocycles. The van der Waals surface area contributed by atoms with Gasteiger partial charge in [0.25, 0.3) is 0 Å². The molecule has 0 aromatic carbocycles. The second-order valence-corrected chi connectivity index (χ2v) is 6.18. The van der Waals surface area contributed by atoms with E-state index in [2.05, 4.69) is 5.32 Å². The van der Waals surface area contributed by atoms with Gasteiger partial charge in [-0.1, -0.05) is 19.3 Å². The minimum Gasteiger partial charge on any atom is -0.345 e. The van der Waals surface area contributed by atoms with Crippen LogP contribution in [0.25, 0.3) is 0 Å². The van der Waals surface area contributed by atoms with E-state index in [1.807, 2.05) is 11.9 Å². The van der Waals surface area contributed by atoms with Gasteiger partial charge in [0, 0.05) is 20.0 Å². The summed E-state index contributed by atoms with van der Waals surface area (Å²) in [6, 6.07) is 0. The zero-order valence-electron chi connectivity index (χ0n) is 11.8. The first-order chi connectivity index (χ1) is 8.75. The fourth-order valence-electron chi connectivity index (χ4n) is 3.34. The maximum Gasteiger partial charge on any atom is 0.222 e. The van der Waals surface area contributed by atoms with E-state index >= 15 is 0 Å². The van der Waals surface area contributed by atoms with Crippen molar-refractivity contribution in [2.75, 3.05) is 26.7 Å². The zero-order chi connectivity index (χ0) is 12.8. The Morgan fingerprint density at radius 3 is 2.61 bits per heavy atom. The van der Waals surface area contributed by atoms with Crippen LogP contribution in [0.15, 0.2) is 0 Å². The molecular formula is C15H28N2O. The SMILES string of the molecule is CN(CC1CCCCC1)C(=O)CCC1CCNC1. The molecule has 2 aliphatic rings. The molecule has 1 heterocycles. The first-order valence-electron chi connectivity index (χ1n) is 7.70. The molecule has 3 nitrogen and oxygen atoms in total. The maximum absolute atomic E-state index is 12.1. The standard InChI is InChI=1S/C15H28N2O/c1-17(12-14-5-3-2-4-6-14)15(18)8-7-13-9-10-16-11-13/h13-14,16H,2-12H2,1H3. The van der Waals surface area contributed by atoms with Crippen molar-refractivity contribution in [1.82, 2.24) is 10.2 Å². The monoisotopic (exact) mass is 252 g/mol. The van der Waals surface area contributed by atoms with Gasteiger partial charge in [-0.3, -0.25) is 4.79 Å². The summed E-state index contributed by atoms with van der Waals surface area (Å²) >= 11 is 0. The van der Waals surface area contributed by atoms with Crippen molar-refractivity contribution < 1.29 is 4.79 Å². The molecule has 0 spiro atoms. The average Bonchev–Trinajstić information content (AvgIpc) is 2.90. The van der Waals surface area contributed by atoms with Gasteiger partial charge in [-0.2, -0.15) is 0 Å². The number of nitrogens with zero attached hydrogens (tertiary/aromatic N) is 1. The van der Waals surface area contributed by atoms with Crippen molar-refractivity contribution in [2.24, 2.45) is 11.8 Å². The zero-order valence-corrected chi connectivity index (χ0v) is 11.8. The van der Waals surface area contributed by atoms with E-state index in [4.69, 9.17) is 0 Å². The average molecular weight is 252 g/mol. The van der Waals surface area contributed by atoms with E-state index in [1.54, 1.807) is 0 Å². The smallest absolute Gasteiger partial charge is 0.222 e. The number of hydrogen-bond acceptors (Lipinski definition) is 2. The van der Waals surface area contributed by atoms with Gasteiger partial charge in [0.05, 0.1) is 0 Å². The van der Waals surface area contributed by atoms with Gasteiger partial charge in [0.1, 0.15) is 0 Å². The van der Waals surface area contributed by atoms with Crippen molar-refractivity contribution in [1.29, 1.82) is 0 Å². The molecule has 1 aliphatic carbocycles. The van der Waals surface area contributed by atoms with Crippen LogP contribution in [0.1, 0.15) is 51.4 Å². The molecular weight excluding hydrogens is 224 g/mol. The van der Waals surface area contributed by atoms with Gasteiger partial charge in [-0.15, -0.1) is 0 Å². The highest BCUT2D eigenvalue weighted by molar-refractivity contribution is 5.75. The molecule has 2 rings (SSSR count). The van der Waals surface area contributed by atoms with Gasteiger partial charge in [-0.25, -0.2) is 0 Å². The molecule has 104 valence electrons. The highest BCUT2D eigenvalue weighted by Crippen LogP contribution is 2.24. The summed E-state index contributed by atoms with van der Waals surface area (Å²) < 4.78 is 0. The minimum atomic E-state index is 0.354. The summed E-state index contributed by atoms with van der Waals surface area (Å²) in [5, 5.41) is 3.37. The number of amides is 1. The molecule has 0 aromatic heterocycles. The second-order valence-electron chi connectivity index (χ2n) is 6.18. The van der Waals surface area contributed by atoms with Crippen LogP contribution in [0.5, 0.6) is 0 Å². The van der Waals surface area contributed by atoms with Crippen LogP contribution in [0.2, 0.25) is 0 Å². The van der Waals surface area contributed by atoms with Gasteiger partial charge in [-0.05, 0) is 50.6 Å². The lowest BCUT2D eigenvalue weighted by molar-refractivity contribution is -0.130. The number of hydrogen-bond donors (Lipinski definition) is 1. The Morgan fingerprint density at radius 2 is 1.94 bits per heavy atom. The predicted octanol–water partition coefficient (Wildman–Crippen LogP) is 2.41. The molecule has 1 aliphatic heterocycles. The van der Waals surface area contributed by atoms with E-state index in [9.17, 15) is 4.79 Å². The molecule has 18 heavy (non-hydrogen) atoms. The number of carbonyl (C=O) groups is 1. The van der Waals surface area contributed by atoms with Crippen molar-refractivity contribution in [3.63, 3.8) is 0 Å². The molecule has 0 bridgehead atoms. The Hall–Kier alpha value is -0.570. The Kier molecular flexibility index (Phi) is 5.48. The fraction of sp³-hybridized carbons (Fsp3) is 0.933. The first-order valence-corrected chi connectivity index (χ1v) is 7.70. The predicted molar refractivity (Wildman–Crippen MR) is 74.4 cm³/mol. The molecule has 0 radical (unpaired) electrons. The molecule has 1 saturated carbocycles. The van der Waals surface area contributed by atoms with E-state index in [1.165, 1.54) is 38.5 Å². The van der Waals surface area contributed by atoms with Crippen LogP contribution in [-0.4, -0.2) is 37.5 Å². The minimum absolute atomic E-state index is 0.354. The number of nitrogens with one attached hydrogen (secondary N) is 1. The molecule has 1 atom stereocenters. The molecule has 1 amide bonds. The molecule has 1 N–H and O–H groups in total. The summed E-state index contributed by atoms with van der Waals surface area (Å²) in [7, 11) is 1.99. The lowest BCUT2D eigenvalue weighted by Gasteiger charge is -2.27. The van der Waals surface area contributed by atoms with Crippen LogP contribution in [0.3, 0.4) is 0 Å². The largest absolute Gasteiger partial charge is 0.345 e. The van der Waals surface area contributed by atoms with Crippen LogP contribution >= 0.6 is 0 Å². The molecule has 3 heteroatoms. The summed E-state index contributed by atoms with van der Waals surface area (Å²) in [6.07, 6.45) is 9.83. The van der Waals surface area contributed by atoms with Crippen LogP contribution in [-0.2, 0) is 4.79 Å². The van der Waals surface area contributed by atoms with Crippen LogP contribution in [0.4, 0.5) is 0 Å². The van der Waals surface area contributed by atoms with Crippen molar-refractivity contribution in [3.05, 3.63) is 0 Å². The lowest BCUT2D eigenvalue weighted by Crippen LogP contribution is -2.32. The third kappa shape index (κ3) is 4.27. The van der Waals surface area contributed by atoms with Gasteiger partial charge >= 0.3 is 0 Å². The lowest BCUT2D eigenvalue weighted by atomic mass is 9.89. The third-order valence-corrected chi connectivity index (χ3v) is 4.61. The van der Waals surface area contributed by atoms with E-state index in [-0.39, 0.29) is 0 Å². The summed E-state index contributed by atoms with van der Waals surface area (Å²) in [5.74, 6) is 1.85. The quantitative estimate of drug-likeness (QED) is 0.815. The number of carbonyl (C=O) groups excluding carboxylic acids is 1. The third-order valence-electron chi connectivity index (χ3n) is 4.61. The maximum atomic E-state index is 12.1. The van der Waals surface area contributed by atoms with Crippen LogP contribution < -0.4 is 5.32 Å². The molecule has 2 fully saturated rings. The van der Waals surface area contributed by atoms with Crippen molar-refractivity contribution in [2.45, 2.75) is 51.4 Å². The van der Waals surface area contributed by atoms with E-state index in [0.29, 0.717) is 5.91 Å². The highest BCUT2D eigenvalue weighted by Gasteiger charge is 2.20. The van der Waals surface area contributed by atoms with E-state index in [0.717, 1.165) is 44.3 Å². The van der Waals surface area contributed by atoms with Crippen molar-refractivity contribution >= 4 is 5.91 Å². The summed E-state index contributed by atoms with van der Waals surface area (Å²) in [5.41, 5.74) is 0. The topological polar surface area (TPSA) is 32.3 Å². The Morgan fingerprint density at radius 1 is 1.17 bits per heavy atom. The number of rotatable bonds is 5. The summed E-state index contributed by atoms with van der Waals surface area (Å²) in [6.45, 7) is 3.23. The summed E-state index contributed by atoms with van der Waals surface area (Å²) in [4.78, 5) is 14.1. The Balaban J connectivity index is 1.63. The highest BCUT2D eigenvalue weighted by atomic mass is 16.2. The molecule has 0 aromatic rings.